The quantitative estimate of drug-likeness (QED) is 0.603. The predicted octanol–water partition coefficient (Wildman–Crippen LogP) is 0.708. The van der Waals surface area contributed by atoms with E-state index < -0.39 is 0 Å². The summed E-state index contributed by atoms with van der Waals surface area (Å²) in [5.74, 6) is 1.05. The molecule has 0 aromatic carbocycles. The van der Waals surface area contributed by atoms with Crippen molar-refractivity contribution in [1.29, 1.82) is 0 Å². The molecule has 0 saturated carbocycles. The maximum atomic E-state index is 11.7. The van der Waals surface area contributed by atoms with Gasteiger partial charge in [0.2, 0.25) is 22.6 Å². The SMILES string of the molecule is Nc1nc(=S)nc(N2CC(CCl)CC2=O)[nH]1. The molecular formula is C8H10ClN5OS. The van der Waals surface area contributed by atoms with Crippen LogP contribution in [-0.2, 0) is 4.79 Å². The van der Waals surface area contributed by atoms with Gasteiger partial charge in [0.15, 0.2) is 0 Å². The topological polar surface area (TPSA) is 87.9 Å². The summed E-state index contributed by atoms with van der Waals surface area (Å²) in [6.45, 7) is 0.532. The number of nitrogen functional groups attached to an aromatic ring is 1. The molecule has 0 aliphatic carbocycles. The van der Waals surface area contributed by atoms with E-state index in [4.69, 9.17) is 29.6 Å². The number of H-pyrrole nitrogens is 1. The smallest absolute Gasteiger partial charge is 0.229 e. The van der Waals surface area contributed by atoms with Gasteiger partial charge in [-0.25, -0.2) is 0 Å². The van der Waals surface area contributed by atoms with Gasteiger partial charge in [-0.3, -0.25) is 14.7 Å². The number of alkyl halides is 1. The van der Waals surface area contributed by atoms with Crippen molar-refractivity contribution in [1.82, 2.24) is 15.0 Å². The van der Waals surface area contributed by atoms with E-state index in [0.29, 0.717) is 24.8 Å². The summed E-state index contributed by atoms with van der Waals surface area (Å²) in [6.07, 6.45) is 0.425. The van der Waals surface area contributed by atoms with E-state index in [0.717, 1.165) is 0 Å². The number of anilines is 2. The Hall–Kier alpha value is -1.21. The van der Waals surface area contributed by atoms with Crippen molar-refractivity contribution in [3.05, 3.63) is 4.77 Å². The summed E-state index contributed by atoms with van der Waals surface area (Å²) in [4.78, 5) is 23.6. The maximum absolute atomic E-state index is 11.7. The van der Waals surface area contributed by atoms with Gasteiger partial charge in [-0.05, 0) is 18.1 Å². The molecular weight excluding hydrogens is 250 g/mol. The van der Waals surface area contributed by atoms with Crippen LogP contribution in [0.4, 0.5) is 11.9 Å². The third-order valence-electron chi connectivity index (χ3n) is 2.34. The Morgan fingerprint density at radius 1 is 1.62 bits per heavy atom. The molecule has 2 heterocycles. The standard InChI is InChI=1S/C8H10ClN5OS/c9-2-4-1-5(15)14(3-4)7-11-6(10)12-8(16)13-7/h4H,1-3H2,(H3,10,11,12,13,16). The number of aromatic nitrogens is 3. The molecule has 1 saturated heterocycles. The molecule has 1 atom stereocenters. The second-order valence-electron chi connectivity index (χ2n) is 3.57. The lowest BCUT2D eigenvalue weighted by Crippen LogP contribution is -2.27. The molecule has 1 aliphatic rings. The summed E-state index contributed by atoms with van der Waals surface area (Å²) >= 11 is 10.6. The molecule has 1 aliphatic heterocycles. The molecule has 1 aromatic rings. The van der Waals surface area contributed by atoms with Gasteiger partial charge in [0.05, 0.1) is 0 Å². The lowest BCUT2D eigenvalue weighted by atomic mass is 10.2. The van der Waals surface area contributed by atoms with Gasteiger partial charge in [0.1, 0.15) is 0 Å². The maximum Gasteiger partial charge on any atom is 0.229 e. The van der Waals surface area contributed by atoms with Crippen LogP contribution in [0.3, 0.4) is 0 Å². The van der Waals surface area contributed by atoms with Crippen molar-refractivity contribution in [2.24, 2.45) is 5.92 Å². The molecule has 86 valence electrons. The first-order valence-electron chi connectivity index (χ1n) is 4.70. The normalized spacial score (nSPS) is 20.4. The van der Waals surface area contributed by atoms with Crippen LogP contribution in [0, 0.1) is 10.7 Å². The fourth-order valence-electron chi connectivity index (χ4n) is 1.61. The van der Waals surface area contributed by atoms with Gasteiger partial charge in [0.25, 0.3) is 0 Å². The highest BCUT2D eigenvalue weighted by molar-refractivity contribution is 7.71. The Morgan fingerprint density at radius 3 is 2.94 bits per heavy atom. The minimum absolute atomic E-state index is 0.0330. The van der Waals surface area contributed by atoms with Crippen LogP contribution < -0.4 is 10.6 Å². The number of amides is 1. The molecule has 1 amide bonds. The Balaban J connectivity index is 2.31. The fourth-order valence-corrected chi connectivity index (χ4v) is 2.00. The molecule has 1 unspecified atom stereocenters. The highest BCUT2D eigenvalue weighted by Crippen LogP contribution is 2.22. The summed E-state index contributed by atoms with van der Waals surface area (Å²) in [5, 5.41) is 0. The molecule has 8 heteroatoms. The number of nitrogens with zero attached hydrogens (tertiary/aromatic N) is 3. The summed E-state index contributed by atoms with van der Waals surface area (Å²) < 4.78 is 0.119. The third kappa shape index (κ3) is 2.14. The van der Waals surface area contributed by atoms with Crippen LogP contribution in [0.15, 0.2) is 0 Å². The van der Waals surface area contributed by atoms with Gasteiger partial charge in [-0.15, -0.1) is 11.6 Å². The third-order valence-corrected chi connectivity index (χ3v) is 2.96. The van der Waals surface area contributed by atoms with Crippen LogP contribution in [-0.4, -0.2) is 33.3 Å². The van der Waals surface area contributed by atoms with Crippen molar-refractivity contribution >= 4 is 41.6 Å². The molecule has 1 fully saturated rings. The van der Waals surface area contributed by atoms with Crippen LogP contribution in [0.2, 0.25) is 0 Å². The number of nitrogens with two attached hydrogens (primary N) is 1. The largest absolute Gasteiger partial charge is 0.369 e. The first-order chi connectivity index (χ1) is 7.60. The van der Waals surface area contributed by atoms with Crippen molar-refractivity contribution in [3.63, 3.8) is 0 Å². The molecule has 6 nitrogen and oxygen atoms in total. The second kappa shape index (κ2) is 4.34. The molecule has 1 aromatic heterocycles. The number of nitrogens with one attached hydrogen (secondary N) is 1. The predicted molar refractivity (Wildman–Crippen MR) is 62.8 cm³/mol. The minimum atomic E-state index is -0.0330. The number of rotatable bonds is 2. The van der Waals surface area contributed by atoms with Gasteiger partial charge in [-0.1, -0.05) is 0 Å². The average molecular weight is 260 g/mol. The highest BCUT2D eigenvalue weighted by atomic mass is 35.5. The molecule has 2 rings (SSSR count). The number of carbonyl (C=O) groups is 1. The van der Waals surface area contributed by atoms with Crippen molar-refractivity contribution in [2.75, 3.05) is 23.1 Å². The van der Waals surface area contributed by atoms with E-state index in [-0.39, 0.29) is 22.5 Å². The van der Waals surface area contributed by atoms with E-state index in [1.807, 2.05) is 0 Å². The second-order valence-corrected chi connectivity index (χ2v) is 4.24. The first-order valence-corrected chi connectivity index (χ1v) is 5.64. The van der Waals surface area contributed by atoms with Gasteiger partial charge in [0, 0.05) is 18.8 Å². The first kappa shape index (κ1) is 11.3. The Morgan fingerprint density at radius 2 is 2.38 bits per heavy atom. The van der Waals surface area contributed by atoms with Gasteiger partial charge in [-0.2, -0.15) is 9.97 Å². The monoisotopic (exact) mass is 259 g/mol. The van der Waals surface area contributed by atoms with Crippen molar-refractivity contribution in [3.8, 4) is 0 Å². The highest BCUT2D eigenvalue weighted by Gasteiger charge is 2.31. The van der Waals surface area contributed by atoms with Gasteiger partial charge < -0.3 is 5.73 Å². The number of halogens is 1. The van der Waals surface area contributed by atoms with Crippen LogP contribution in [0.1, 0.15) is 6.42 Å². The summed E-state index contributed by atoms with van der Waals surface area (Å²) in [7, 11) is 0. The van der Waals surface area contributed by atoms with E-state index >= 15 is 0 Å². The zero-order valence-corrected chi connectivity index (χ0v) is 9.88. The van der Waals surface area contributed by atoms with Gasteiger partial charge >= 0.3 is 0 Å². The van der Waals surface area contributed by atoms with Crippen molar-refractivity contribution < 1.29 is 4.79 Å². The van der Waals surface area contributed by atoms with Crippen LogP contribution in [0.25, 0.3) is 0 Å². The Bertz CT molecular complexity index is 476. The zero-order valence-electron chi connectivity index (χ0n) is 8.31. The lowest BCUT2D eigenvalue weighted by molar-refractivity contribution is -0.117. The number of carbonyl (C=O) groups excluding carboxylic acids is 1. The number of hydrogen-bond donors (Lipinski definition) is 2. The zero-order chi connectivity index (χ0) is 11.7. The van der Waals surface area contributed by atoms with E-state index in [1.54, 1.807) is 0 Å². The molecule has 0 bridgehead atoms. The minimum Gasteiger partial charge on any atom is -0.369 e. The number of aromatic amines is 1. The molecule has 0 radical (unpaired) electrons. The summed E-state index contributed by atoms with van der Waals surface area (Å²) in [5.41, 5.74) is 5.50. The summed E-state index contributed by atoms with van der Waals surface area (Å²) in [6, 6.07) is 0. The fraction of sp³-hybridized carbons (Fsp3) is 0.500. The Kier molecular flexibility index (Phi) is 3.06. The van der Waals surface area contributed by atoms with E-state index in [1.165, 1.54) is 4.90 Å². The average Bonchev–Trinajstić information content (AvgIpc) is 2.58. The van der Waals surface area contributed by atoms with E-state index in [9.17, 15) is 4.79 Å². The number of hydrogen-bond acceptors (Lipinski definition) is 5. The molecule has 16 heavy (non-hydrogen) atoms. The van der Waals surface area contributed by atoms with E-state index in [2.05, 4.69) is 15.0 Å². The van der Waals surface area contributed by atoms with Crippen molar-refractivity contribution in [2.45, 2.75) is 6.42 Å². The lowest BCUT2D eigenvalue weighted by Gasteiger charge is -2.14. The molecule has 0 spiro atoms. The molecule has 3 N–H and O–H groups in total. The Labute approximate surface area is 102 Å². The van der Waals surface area contributed by atoms with Crippen LogP contribution in [0.5, 0.6) is 0 Å². The van der Waals surface area contributed by atoms with Crippen LogP contribution >= 0.6 is 23.8 Å².